The van der Waals surface area contributed by atoms with Crippen LogP contribution in [0.2, 0.25) is 0 Å². The van der Waals surface area contributed by atoms with E-state index in [1.54, 1.807) is 6.07 Å². The number of pyridine rings is 1. The Balaban J connectivity index is 1.57. The van der Waals surface area contributed by atoms with Gasteiger partial charge < -0.3 is 9.80 Å². The van der Waals surface area contributed by atoms with Gasteiger partial charge in [-0.3, -0.25) is 9.59 Å². The number of rotatable bonds is 3. The van der Waals surface area contributed by atoms with Gasteiger partial charge in [0.05, 0.1) is 5.52 Å². The minimum absolute atomic E-state index is 0.0629. The summed E-state index contributed by atoms with van der Waals surface area (Å²) in [5.41, 5.74) is -0.250. The number of piperazine rings is 1. The molecule has 0 spiro atoms. The van der Waals surface area contributed by atoms with Gasteiger partial charge in [0.1, 0.15) is 12.2 Å². The van der Waals surface area contributed by atoms with E-state index in [1.807, 2.05) is 18.7 Å². The summed E-state index contributed by atoms with van der Waals surface area (Å²) in [4.78, 5) is 28.9. The molecule has 0 radical (unpaired) electrons. The number of fused-ring (bicyclic) bond motifs is 1. The monoisotopic (exact) mass is 436 g/mol. The van der Waals surface area contributed by atoms with Crippen molar-refractivity contribution in [2.75, 3.05) is 19.6 Å². The van der Waals surface area contributed by atoms with E-state index in [4.69, 9.17) is 0 Å². The van der Waals surface area contributed by atoms with Gasteiger partial charge in [0.2, 0.25) is 5.91 Å². The number of nitrogens with zero attached hydrogens (tertiary/aromatic N) is 4. The number of hydrogen-bond acceptors (Lipinski definition) is 3. The quantitative estimate of drug-likeness (QED) is 0.728. The molecule has 4 rings (SSSR count). The third-order valence-corrected chi connectivity index (χ3v) is 6.32. The Bertz CT molecular complexity index is 993. The van der Waals surface area contributed by atoms with E-state index in [1.165, 1.54) is 17.4 Å². The highest BCUT2D eigenvalue weighted by atomic mass is 19.4. The van der Waals surface area contributed by atoms with Crippen molar-refractivity contribution < 1.29 is 22.8 Å². The molecular weight excluding hydrogens is 409 g/mol. The van der Waals surface area contributed by atoms with Crippen LogP contribution in [0.25, 0.3) is 5.52 Å². The Morgan fingerprint density at radius 2 is 1.81 bits per heavy atom. The molecule has 3 heterocycles. The molecule has 0 N–H and O–H groups in total. The fourth-order valence-electron chi connectivity index (χ4n) is 4.56. The van der Waals surface area contributed by atoms with E-state index in [0.717, 1.165) is 36.3 Å². The lowest BCUT2D eigenvalue weighted by Crippen LogP contribution is -2.55. The molecule has 6 nitrogen and oxygen atoms in total. The van der Waals surface area contributed by atoms with Gasteiger partial charge in [0.15, 0.2) is 5.69 Å². The Morgan fingerprint density at radius 3 is 2.42 bits per heavy atom. The van der Waals surface area contributed by atoms with Crippen molar-refractivity contribution in [2.24, 2.45) is 0 Å². The summed E-state index contributed by atoms with van der Waals surface area (Å²) in [7, 11) is 0. The third kappa shape index (κ3) is 4.27. The van der Waals surface area contributed by atoms with E-state index in [0.29, 0.717) is 18.7 Å². The van der Waals surface area contributed by atoms with E-state index < -0.39 is 17.8 Å². The average Bonchev–Trinajstić information content (AvgIpc) is 3.16. The largest absolute Gasteiger partial charge is 0.433 e. The van der Waals surface area contributed by atoms with Crippen LogP contribution in [0.5, 0.6) is 0 Å². The molecule has 0 atom stereocenters. The smallest absolute Gasteiger partial charge is 0.336 e. The van der Waals surface area contributed by atoms with Crippen molar-refractivity contribution in [1.82, 2.24) is 19.4 Å². The topological polar surface area (TPSA) is 57.9 Å². The molecule has 0 unspecified atom stereocenters. The van der Waals surface area contributed by atoms with Gasteiger partial charge in [-0.2, -0.15) is 18.3 Å². The lowest BCUT2D eigenvalue weighted by molar-refractivity contribution is -0.142. The van der Waals surface area contributed by atoms with Crippen molar-refractivity contribution in [3.05, 3.63) is 35.2 Å². The second-order valence-corrected chi connectivity index (χ2v) is 8.80. The van der Waals surface area contributed by atoms with Gasteiger partial charge in [-0.25, -0.2) is 4.52 Å². The van der Waals surface area contributed by atoms with E-state index >= 15 is 0 Å². The van der Waals surface area contributed by atoms with Crippen LogP contribution in [-0.4, -0.2) is 56.9 Å². The summed E-state index contributed by atoms with van der Waals surface area (Å²) in [6, 6.07) is 4.31. The fraction of sp³-hybridized carbons (Fsp3) is 0.591. The molecule has 9 heteroatoms. The average molecular weight is 436 g/mol. The Kier molecular flexibility index (Phi) is 5.70. The zero-order chi connectivity index (χ0) is 22.3. The molecule has 2 amide bonds. The number of alkyl halides is 3. The maximum Gasteiger partial charge on any atom is 0.433 e. The summed E-state index contributed by atoms with van der Waals surface area (Å²) in [6.07, 6.45) is 0.790. The van der Waals surface area contributed by atoms with Crippen LogP contribution in [-0.2, 0) is 11.0 Å². The van der Waals surface area contributed by atoms with Crippen molar-refractivity contribution in [2.45, 2.75) is 64.1 Å². The molecule has 31 heavy (non-hydrogen) atoms. The lowest BCUT2D eigenvalue weighted by atomic mass is 9.93. The molecule has 0 aromatic carbocycles. The van der Waals surface area contributed by atoms with Crippen LogP contribution in [0.3, 0.4) is 0 Å². The third-order valence-electron chi connectivity index (χ3n) is 6.32. The highest BCUT2D eigenvalue weighted by Gasteiger charge is 2.36. The van der Waals surface area contributed by atoms with Gasteiger partial charge in [0, 0.05) is 19.1 Å². The molecule has 0 bridgehead atoms. The molecular formula is C22H27F3N4O2. The van der Waals surface area contributed by atoms with Gasteiger partial charge in [-0.15, -0.1) is 0 Å². The van der Waals surface area contributed by atoms with Crippen LogP contribution in [0.15, 0.2) is 18.2 Å². The number of aromatic nitrogens is 2. The van der Waals surface area contributed by atoms with Gasteiger partial charge in [-0.05, 0) is 42.5 Å². The zero-order valence-corrected chi connectivity index (χ0v) is 17.8. The Morgan fingerprint density at radius 1 is 1.10 bits per heavy atom. The molecule has 1 saturated carbocycles. The summed E-state index contributed by atoms with van der Waals surface area (Å²) < 4.78 is 41.5. The number of carbonyl (C=O) groups is 2. The second kappa shape index (κ2) is 8.16. The molecule has 1 aliphatic carbocycles. The van der Waals surface area contributed by atoms with Crippen LogP contribution in [0, 0.1) is 0 Å². The highest BCUT2D eigenvalue weighted by molar-refractivity contribution is 5.96. The summed E-state index contributed by atoms with van der Waals surface area (Å²) in [6.45, 7) is 4.37. The second-order valence-electron chi connectivity index (χ2n) is 8.80. The summed E-state index contributed by atoms with van der Waals surface area (Å²) >= 11 is 0. The van der Waals surface area contributed by atoms with Crippen LogP contribution < -0.4 is 0 Å². The van der Waals surface area contributed by atoms with Crippen molar-refractivity contribution in [3.8, 4) is 0 Å². The van der Waals surface area contributed by atoms with Crippen LogP contribution in [0.1, 0.15) is 73.6 Å². The van der Waals surface area contributed by atoms with Gasteiger partial charge in [0.25, 0.3) is 5.91 Å². The first-order chi connectivity index (χ1) is 14.6. The molecule has 2 aliphatic rings. The number of amides is 2. The molecule has 2 aromatic heterocycles. The van der Waals surface area contributed by atoms with Gasteiger partial charge in [-0.1, -0.05) is 33.1 Å². The first-order valence-corrected chi connectivity index (χ1v) is 10.8. The maximum absolute atomic E-state index is 13.6. The summed E-state index contributed by atoms with van der Waals surface area (Å²) in [5, 5.41) is 3.97. The minimum Gasteiger partial charge on any atom is -0.336 e. The molecule has 2 fully saturated rings. The van der Waals surface area contributed by atoms with Crippen molar-refractivity contribution in [1.29, 1.82) is 0 Å². The number of halogens is 3. The summed E-state index contributed by atoms with van der Waals surface area (Å²) in [5.74, 6) is -0.724. The van der Waals surface area contributed by atoms with E-state index in [2.05, 4.69) is 5.10 Å². The lowest BCUT2D eigenvalue weighted by Gasteiger charge is -2.40. The van der Waals surface area contributed by atoms with Crippen LogP contribution in [0.4, 0.5) is 13.2 Å². The van der Waals surface area contributed by atoms with Gasteiger partial charge >= 0.3 is 6.18 Å². The minimum atomic E-state index is -4.60. The van der Waals surface area contributed by atoms with E-state index in [-0.39, 0.29) is 35.6 Å². The molecule has 2 aromatic rings. The van der Waals surface area contributed by atoms with E-state index in [9.17, 15) is 22.8 Å². The molecule has 168 valence electrons. The predicted octanol–water partition coefficient (Wildman–Crippen LogP) is 4.09. The fourth-order valence-corrected chi connectivity index (χ4v) is 4.56. The SMILES string of the molecule is CC(C)c1cc(C(F)(F)F)n2nc(C(=O)N3CCN(C4CCCCC4)C(=O)C3)cc2c1. The first-order valence-electron chi connectivity index (χ1n) is 10.8. The van der Waals surface area contributed by atoms with Crippen molar-refractivity contribution in [3.63, 3.8) is 0 Å². The first kappa shape index (κ1) is 21.6. The number of hydrogen-bond donors (Lipinski definition) is 0. The zero-order valence-electron chi connectivity index (χ0n) is 17.8. The van der Waals surface area contributed by atoms with Crippen molar-refractivity contribution >= 4 is 17.3 Å². The predicted molar refractivity (Wildman–Crippen MR) is 109 cm³/mol. The highest BCUT2D eigenvalue weighted by Crippen LogP contribution is 2.32. The normalized spacial score (nSPS) is 19.0. The Labute approximate surface area is 179 Å². The molecule has 1 aliphatic heterocycles. The maximum atomic E-state index is 13.6. The van der Waals surface area contributed by atoms with Crippen LogP contribution >= 0.6 is 0 Å². The molecule has 1 saturated heterocycles. The number of carbonyl (C=O) groups excluding carboxylic acids is 2. The Hall–Kier alpha value is -2.58. The standard InChI is InChI=1S/C22H27F3N4O2/c1-14(2)15-10-17-12-18(26-29(17)19(11-15)22(23,24)25)21(31)27-8-9-28(20(30)13-27)16-6-4-3-5-7-16/h10-12,14,16H,3-9,13H2,1-2H3.